The van der Waals surface area contributed by atoms with E-state index in [4.69, 9.17) is 10.2 Å². The van der Waals surface area contributed by atoms with Gasteiger partial charge in [0.25, 0.3) is 0 Å². The molecule has 7 heteroatoms. The summed E-state index contributed by atoms with van der Waals surface area (Å²) >= 11 is 1.54. The number of thiophene rings is 1. The minimum Gasteiger partial charge on any atom is -0.481 e. The van der Waals surface area contributed by atoms with Crippen LogP contribution in [0.2, 0.25) is 0 Å². The van der Waals surface area contributed by atoms with Gasteiger partial charge in [-0.15, -0.1) is 11.3 Å². The zero-order chi connectivity index (χ0) is 14.4. The van der Waals surface area contributed by atoms with E-state index < -0.39 is 5.97 Å². The first-order valence-electron chi connectivity index (χ1n) is 6.30. The maximum absolute atomic E-state index is 10.9. The molecule has 0 spiro atoms. The van der Waals surface area contributed by atoms with Gasteiger partial charge in [-0.05, 0) is 11.4 Å². The van der Waals surface area contributed by atoms with Gasteiger partial charge in [0.05, 0.1) is 31.8 Å². The number of aliphatic hydroxyl groups excluding tert-OH is 1. The molecule has 0 aromatic carbocycles. The Morgan fingerprint density at radius 2 is 2.40 bits per heavy atom. The molecular weight excluding hydrogens is 278 g/mol. The zero-order valence-corrected chi connectivity index (χ0v) is 11.7. The lowest BCUT2D eigenvalue weighted by Gasteiger charge is -2.14. The lowest BCUT2D eigenvalue weighted by Crippen LogP contribution is -2.22. The fourth-order valence-electron chi connectivity index (χ4n) is 1.90. The Balaban J connectivity index is 1.95. The van der Waals surface area contributed by atoms with Gasteiger partial charge in [0.2, 0.25) is 0 Å². The number of aliphatic carboxylic acids is 1. The Morgan fingerprint density at radius 1 is 1.55 bits per heavy atom. The van der Waals surface area contributed by atoms with Crippen molar-refractivity contribution in [1.82, 2.24) is 15.1 Å². The van der Waals surface area contributed by atoms with Crippen LogP contribution >= 0.6 is 11.3 Å². The van der Waals surface area contributed by atoms with E-state index in [0.29, 0.717) is 13.1 Å². The summed E-state index contributed by atoms with van der Waals surface area (Å²) in [7, 11) is 0. The third-order valence-electron chi connectivity index (χ3n) is 2.83. The summed E-state index contributed by atoms with van der Waals surface area (Å²) < 4.78 is 1.66. The fraction of sp³-hybridized carbons (Fsp3) is 0.385. The van der Waals surface area contributed by atoms with Gasteiger partial charge in [-0.3, -0.25) is 9.48 Å². The molecule has 2 heterocycles. The number of aromatic nitrogens is 2. The Bertz CT molecular complexity index is 539. The van der Waals surface area contributed by atoms with Crippen LogP contribution in [0.3, 0.4) is 0 Å². The van der Waals surface area contributed by atoms with Crippen molar-refractivity contribution in [2.45, 2.75) is 25.6 Å². The van der Waals surface area contributed by atoms with Gasteiger partial charge >= 0.3 is 5.97 Å². The maximum Gasteiger partial charge on any atom is 0.305 e. The second kappa shape index (κ2) is 7.18. The van der Waals surface area contributed by atoms with E-state index in [9.17, 15) is 4.79 Å². The number of aliphatic hydroxyl groups is 1. The highest BCUT2D eigenvalue weighted by Gasteiger charge is 2.16. The molecule has 108 valence electrons. The minimum atomic E-state index is -0.827. The summed E-state index contributed by atoms with van der Waals surface area (Å²) in [5, 5.41) is 27.1. The van der Waals surface area contributed by atoms with Crippen LogP contribution in [0, 0.1) is 0 Å². The summed E-state index contributed by atoms with van der Waals surface area (Å²) in [6.45, 7) is 1.05. The summed E-state index contributed by atoms with van der Waals surface area (Å²) in [4.78, 5) is 11.9. The van der Waals surface area contributed by atoms with Crippen molar-refractivity contribution in [2.24, 2.45) is 0 Å². The van der Waals surface area contributed by atoms with Crippen LogP contribution in [-0.4, -0.2) is 32.6 Å². The molecule has 3 N–H and O–H groups in total. The van der Waals surface area contributed by atoms with Crippen molar-refractivity contribution < 1.29 is 15.0 Å². The lowest BCUT2D eigenvalue weighted by atomic mass is 10.1. The molecule has 0 aliphatic heterocycles. The molecule has 1 unspecified atom stereocenters. The van der Waals surface area contributed by atoms with Crippen molar-refractivity contribution in [1.29, 1.82) is 0 Å². The summed E-state index contributed by atoms with van der Waals surface area (Å²) in [5.74, 6) is -0.827. The standard InChI is InChI=1S/C13H17N3O3S/c17-4-3-16-9-10(8-15-16)7-14-11(6-13(18)19)12-2-1-5-20-12/h1-2,5,8-9,11,14,17H,3-4,6-7H2,(H,18,19). The number of carboxylic acid groups (broad SMARTS) is 1. The van der Waals surface area contributed by atoms with Crippen molar-refractivity contribution in [3.8, 4) is 0 Å². The second-order valence-electron chi connectivity index (χ2n) is 4.38. The molecule has 0 fully saturated rings. The quantitative estimate of drug-likeness (QED) is 0.682. The van der Waals surface area contributed by atoms with Crippen LogP contribution in [0.1, 0.15) is 22.9 Å². The molecule has 2 aromatic rings. The molecular formula is C13H17N3O3S. The maximum atomic E-state index is 10.9. The highest BCUT2D eigenvalue weighted by atomic mass is 32.1. The lowest BCUT2D eigenvalue weighted by molar-refractivity contribution is -0.137. The van der Waals surface area contributed by atoms with Crippen molar-refractivity contribution in [3.05, 3.63) is 40.3 Å². The predicted molar refractivity (Wildman–Crippen MR) is 75.5 cm³/mol. The van der Waals surface area contributed by atoms with Crippen LogP contribution < -0.4 is 5.32 Å². The van der Waals surface area contributed by atoms with Crippen LogP contribution in [-0.2, 0) is 17.9 Å². The second-order valence-corrected chi connectivity index (χ2v) is 5.36. The van der Waals surface area contributed by atoms with Crippen molar-refractivity contribution >= 4 is 17.3 Å². The third-order valence-corrected chi connectivity index (χ3v) is 3.82. The molecule has 0 aliphatic carbocycles. The molecule has 0 aliphatic rings. The van der Waals surface area contributed by atoms with E-state index in [1.165, 1.54) is 0 Å². The van der Waals surface area contributed by atoms with E-state index in [2.05, 4.69) is 10.4 Å². The summed E-state index contributed by atoms with van der Waals surface area (Å²) in [6.07, 6.45) is 3.61. The smallest absolute Gasteiger partial charge is 0.305 e. The molecule has 1 atom stereocenters. The van der Waals surface area contributed by atoms with Gasteiger partial charge in [-0.25, -0.2) is 0 Å². The predicted octanol–water partition coefficient (Wildman–Crippen LogP) is 1.24. The largest absolute Gasteiger partial charge is 0.481 e. The number of carbonyl (C=O) groups is 1. The van der Waals surface area contributed by atoms with Crippen molar-refractivity contribution in [2.75, 3.05) is 6.61 Å². The van der Waals surface area contributed by atoms with Crippen LogP contribution in [0.5, 0.6) is 0 Å². The number of nitrogens with one attached hydrogen (secondary N) is 1. The Hall–Kier alpha value is -1.70. The molecule has 2 aromatic heterocycles. The van der Waals surface area contributed by atoms with Crippen LogP contribution in [0.4, 0.5) is 0 Å². The average Bonchev–Trinajstić information content (AvgIpc) is 3.06. The van der Waals surface area contributed by atoms with E-state index in [1.54, 1.807) is 22.2 Å². The summed E-state index contributed by atoms with van der Waals surface area (Å²) in [6, 6.07) is 3.64. The molecule has 20 heavy (non-hydrogen) atoms. The molecule has 0 amide bonds. The van der Waals surface area contributed by atoms with Gasteiger partial charge in [0.1, 0.15) is 0 Å². The van der Waals surface area contributed by atoms with Gasteiger partial charge in [0, 0.05) is 23.2 Å². The van der Waals surface area contributed by atoms with Gasteiger partial charge < -0.3 is 15.5 Å². The van der Waals surface area contributed by atoms with E-state index in [0.717, 1.165) is 10.4 Å². The molecule has 6 nitrogen and oxygen atoms in total. The van der Waals surface area contributed by atoms with E-state index >= 15 is 0 Å². The Labute approximate surface area is 120 Å². The Morgan fingerprint density at radius 3 is 3.05 bits per heavy atom. The minimum absolute atomic E-state index is 0.0469. The number of hydrogen-bond donors (Lipinski definition) is 3. The first-order chi connectivity index (χ1) is 9.69. The van der Waals surface area contributed by atoms with E-state index in [-0.39, 0.29) is 19.1 Å². The third kappa shape index (κ3) is 4.16. The number of rotatable bonds is 8. The Kier molecular flexibility index (Phi) is 5.28. The first-order valence-corrected chi connectivity index (χ1v) is 7.18. The molecule has 0 saturated carbocycles. The number of hydrogen-bond acceptors (Lipinski definition) is 5. The fourth-order valence-corrected chi connectivity index (χ4v) is 2.70. The zero-order valence-electron chi connectivity index (χ0n) is 10.9. The van der Waals surface area contributed by atoms with E-state index in [1.807, 2.05) is 23.7 Å². The monoisotopic (exact) mass is 295 g/mol. The van der Waals surface area contributed by atoms with Crippen LogP contribution in [0.25, 0.3) is 0 Å². The highest BCUT2D eigenvalue weighted by molar-refractivity contribution is 7.10. The summed E-state index contributed by atoms with van der Waals surface area (Å²) in [5.41, 5.74) is 0.963. The van der Waals surface area contributed by atoms with Gasteiger partial charge in [0.15, 0.2) is 0 Å². The molecule has 2 rings (SSSR count). The molecule has 0 saturated heterocycles. The first kappa shape index (κ1) is 14.7. The number of nitrogens with zero attached hydrogens (tertiary/aromatic N) is 2. The van der Waals surface area contributed by atoms with Gasteiger partial charge in [-0.2, -0.15) is 5.10 Å². The molecule has 0 bridgehead atoms. The normalized spacial score (nSPS) is 12.4. The van der Waals surface area contributed by atoms with Gasteiger partial charge in [-0.1, -0.05) is 6.07 Å². The number of carboxylic acids is 1. The molecule has 0 radical (unpaired) electrons. The highest BCUT2D eigenvalue weighted by Crippen LogP contribution is 2.22. The SMILES string of the molecule is O=C(O)CC(NCc1cnn(CCO)c1)c1cccs1. The average molecular weight is 295 g/mol. The van der Waals surface area contributed by atoms with Crippen molar-refractivity contribution in [3.63, 3.8) is 0 Å². The van der Waals surface area contributed by atoms with Crippen LogP contribution in [0.15, 0.2) is 29.9 Å². The topological polar surface area (TPSA) is 87.4 Å².